The maximum atomic E-state index is 12.5. The molecule has 2 rings (SSSR count). The van der Waals surface area contributed by atoms with Gasteiger partial charge >= 0.3 is 0 Å². The molecule has 116 valence electrons. The Kier molecular flexibility index (Phi) is 6.21. The van der Waals surface area contributed by atoms with E-state index in [4.69, 9.17) is 0 Å². The number of likely N-dealkylation sites (N-methyl/N-ethyl adjacent to an activating group) is 1. The van der Waals surface area contributed by atoms with Crippen LogP contribution in [0, 0.1) is 6.92 Å². The van der Waals surface area contributed by atoms with Gasteiger partial charge in [-0.05, 0) is 38.9 Å². The maximum absolute atomic E-state index is 12.5. The van der Waals surface area contributed by atoms with E-state index in [-0.39, 0.29) is 5.91 Å². The Morgan fingerprint density at radius 1 is 1.33 bits per heavy atom. The first kappa shape index (κ1) is 16.0. The monoisotopic (exact) mass is 289 g/mol. The number of hydrogen-bond acceptors (Lipinski definition) is 3. The fourth-order valence-electron chi connectivity index (χ4n) is 2.76. The van der Waals surface area contributed by atoms with E-state index in [2.05, 4.69) is 48.3 Å². The summed E-state index contributed by atoms with van der Waals surface area (Å²) >= 11 is 0. The Morgan fingerprint density at radius 2 is 2.19 bits per heavy atom. The van der Waals surface area contributed by atoms with Gasteiger partial charge in [-0.1, -0.05) is 29.8 Å². The van der Waals surface area contributed by atoms with Crippen molar-refractivity contribution in [2.45, 2.75) is 26.8 Å². The summed E-state index contributed by atoms with van der Waals surface area (Å²) < 4.78 is 0. The molecular formula is C17H27N3O. The minimum atomic E-state index is 0.237. The minimum absolute atomic E-state index is 0.237. The summed E-state index contributed by atoms with van der Waals surface area (Å²) in [4.78, 5) is 16.7. The van der Waals surface area contributed by atoms with Gasteiger partial charge in [0.05, 0.1) is 6.54 Å². The highest BCUT2D eigenvalue weighted by molar-refractivity contribution is 5.78. The van der Waals surface area contributed by atoms with E-state index in [0.29, 0.717) is 13.1 Å². The molecule has 0 spiro atoms. The molecule has 0 unspecified atom stereocenters. The van der Waals surface area contributed by atoms with Crippen LogP contribution in [0.1, 0.15) is 24.5 Å². The summed E-state index contributed by atoms with van der Waals surface area (Å²) in [6.07, 6.45) is 1.12. The molecule has 1 aliphatic heterocycles. The van der Waals surface area contributed by atoms with E-state index in [1.54, 1.807) is 0 Å². The van der Waals surface area contributed by atoms with Gasteiger partial charge in [-0.15, -0.1) is 0 Å². The normalized spacial score (nSPS) is 16.5. The first-order valence-electron chi connectivity index (χ1n) is 7.95. The average molecular weight is 289 g/mol. The standard InChI is InChI=1S/C17H27N3O/c1-3-20(13-16-7-4-6-15(2)12-16)17(21)14-19-10-5-8-18-9-11-19/h4,6-7,12,18H,3,5,8-11,13-14H2,1-2H3. The number of hydrogen-bond donors (Lipinski definition) is 1. The summed E-state index contributed by atoms with van der Waals surface area (Å²) in [7, 11) is 0. The molecule has 0 aliphatic carbocycles. The lowest BCUT2D eigenvalue weighted by atomic mass is 10.1. The van der Waals surface area contributed by atoms with Gasteiger partial charge in [-0.2, -0.15) is 0 Å². The van der Waals surface area contributed by atoms with Gasteiger partial charge in [0.25, 0.3) is 0 Å². The van der Waals surface area contributed by atoms with Crippen molar-refractivity contribution in [3.63, 3.8) is 0 Å². The molecule has 1 saturated heterocycles. The summed E-state index contributed by atoms with van der Waals surface area (Å²) in [6, 6.07) is 8.40. The van der Waals surface area contributed by atoms with E-state index < -0.39 is 0 Å². The molecule has 1 heterocycles. The molecule has 1 aromatic carbocycles. The van der Waals surface area contributed by atoms with Crippen LogP contribution in [-0.4, -0.2) is 55.0 Å². The van der Waals surface area contributed by atoms with Crippen molar-refractivity contribution in [3.05, 3.63) is 35.4 Å². The van der Waals surface area contributed by atoms with Gasteiger partial charge in [0.1, 0.15) is 0 Å². The Balaban J connectivity index is 1.91. The zero-order valence-electron chi connectivity index (χ0n) is 13.3. The number of aryl methyl sites for hydroxylation is 1. The van der Waals surface area contributed by atoms with Crippen molar-refractivity contribution < 1.29 is 4.79 Å². The second-order valence-corrected chi connectivity index (χ2v) is 5.78. The Morgan fingerprint density at radius 3 is 2.95 bits per heavy atom. The van der Waals surface area contributed by atoms with Gasteiger partial charge in [-0.3, -0.25) is 9.69 Å². The van der Waals surface area contributed by atoms with Gasteiger partial charge in [-0.25, -0.2) is 0 Å². The van der Waals surface area contributed by atoms with Gasteiger partial charge in [0.15, 0.2) is 0 Å². The second kappa shape index (κ2) is 8.15. The molecule has 1 amide bonds. The van der Waals surface area contributed by atoms with Crippen LogP contribution in [0.2, 0.25) is 0 Å². The summed E-state index contributed by atoms with van der Waals surface area (Å²) in [6.45, 7) is 10.2. The highest BCUT2D eigenvalue weighted by atomic mass is 16.2. The molecule has 4 nitrogen and oxygen atoms in total. The van der Waals surface area contributed by atoms with Gasteiger partial charge in [0, 0.05) is 26.2 Å². The zero-order chi connectivity index (χ0) is 15.1. The van der Waals surface area contributed by atoms with E-state index in [1.807, 2.05) is 4.90 Å². The van der Waals surface area contributed by atoms with Crippen LogP contribution in [0.25, 0.3) is 0 Å². The van der Waals surface area contributed by atoms with Crippen molar-refractivity contribution in [2.24, 2.45) is 0 Å². The predicted molar refractivity (Wildman–Crippen MR) is 86.2 cm³/mol. The molecule has 1 N–H and O–H groups in total. The molecule has 1 aliphatic rings. The average Bonchev–Trinajstić information content (AvgIpc) is 2.73. The predicted octanol–water partition coefficient (Wildman–Crippen LogP) is 1.64. The van der Waals surface area contributed by atoms with Crippen molar-refractivity contribution in [1.29, 1.82) is 0 Å². The van der Waals surface area contributed by atoms with Crippen molar-refractivity contribution >= 4 is 5.91 Å². The lowest BCUT2D eigenvalue weighted by Crippen LogP contribution is -2.41. The second-order valence-electron chi connectivity index (χ2n) is 5.78. The van der Waals surface area contributed by atoms with Gasteiger partial charge < -0.3 is 10.2 Å². The third-order valence-electron chi connectivity index (χ3n) is 3.98. The highest BCUT2D eigenvalue weighted by Gasteiger charge is 2.17. The lowest BCUT2D eigenvalue weighted by molar-refractivity contribution is -0.132. The van der Waals surface area contributed by atoms with E-state index in [0.717, 1.165) is 39.1 Å². The molecular weight excluding hydrogens is 262 g/mol. The number of nitrogens with one attached hydrogen (secondary N) is 1. The Labute approximate surface area is 128 Å². The van der Waals surface area contributed by atoms with Crippen molar-refractivity contribution in [2.75, 3.05) is 39.3 Å². The molecule has 4 heteroatoms. The quantitative estimate of drug-likeness (QED) is 0.895. The first-order valence-corrected chi connectivity index (χ1v) is 7.95. The lowest BCUT2D eigenvalue weighted by Gasteiger charge is -2.25. The van der Waals surface area contributed by atoms with E-state index in [1.165, 1.54) is 11.1 Å². The molecule has 0 saturated carbocycles. The van der Waals surface area contributed by atoms with Crippen LogP contribution >= 0.6 is 0 Å². The van der Waals surface area contributed by atoms with Crippen LogP contribution in [0.3, 0.4) is 0 Å². The molecule has 0 atom stereocenters. The Hall–Kier alpha value is -1.39. The first-order chi connectivity index (χ1) is 10.2. The summed E-state index contributed by atoms with van der Waals surface area (Å²) in [5.74, 6) is 0.237. The van der Waals surface area contributed by atoms with Gasteiger partial charge in [0.2, 0.25) is 5.91 Å². The minimum Gasteiger partial charge on any atom is -0.338 e. The highest BCUT2D eigenvalue weighted by Crippen LogP contribution is 2.08. The smallest absolute Gasteiger partial charge is 0.237 e. The van der Waals surface area contributed by atoms with E-state index in [9.17, 15) is 4.79 Å². The number of carbonyl (C=O) groups is 1. The van der Waals surface area contributed by atoms with E-state index >= 15 is 0 Å². The van der Waals surface area contributed by atoms with Crippen molar-refractivity contribution in [1.82, 2.24) is 15.1 Å². The largest absolute Gasteiger partial charge is 0.338 e. The molecule has 1 aromatic rings. The SMILES string of the molecule is CCN(Cc1cccc(C)c1)C(=O)CN1CCCNCC1. The third-order valence-corrected chi connectivity index (χ3v) is 3.98. The molecule has 0 radical (unpaired) electrons. The number of benzene rings is 1. The number of rotatable bonds is 5. The number of nitrogens with zero attached hydrogens (tertiary/aromatic N) is 2. The zero-order valence-corrected chi connectivity index (χ0v) is 13.3. The van der Waals surface area contributed by atoms with Crippen LogP contribution in [0.4, 0.5) is 0 Å². The summed E-state index contributed by atoms with van der Waals surface area (Å²) in [5.41, 5.74) is 2.46. The summed E-state index contributed by atoms with van der Waals surface area (Å²) in [5, 5.41) is 3.37. The fourth-order valence-corrected chi connectivity index (χ4v) is 2.76. The molecule has 0 aromatic heterocycles. The van der Waals surface area contributed by atoms with Crippen molar-refractivity contribution in [3.8, 4) is 0 Å². The number of carbonyl (C=O) groups excluding carboxylic acids is 1. The van der Waals surface area contributed by atoms with Crippen LogP contribution < -0.4 is 5.32 Å². The Bertz CT molecular complexity index is 453. The maximum Gasteiger partial charge on any atom is 0.237 e. The number of amides is 1. The van der Waals surface area contributed by atoms with Crippen LogP contribution in [0.5, 0.6) is 0 Å². The van der Waals surface area contributed by atoms with Crippen LogP contribution in [-0.2, 0) is 11.3 Å². The third kappa shape index (κ3) is 5.14. The molecule has 1 fully saturated rings. The molecule has 21 heavy (non-hydrogen) atoms. The van der Waals surface area contributed by atoms with Crippen LogP contribution in [0.15, 0.2) is 24.3 Å². The fraction of sp³-hybridized carbons (Fsp3) is 0.588. The molecule has 0 bridgehead atoms. The topological polar surface area (TPSA) is 35.6 Å².